The number of benzene rings is 2. The molecule has 0 heterocycles. The molecule has 0 aromatic heterocycles. The summed E-state index contributed by atoms with van der Waals surface area (Å²) in [5, 5.41) is 3.60. The summed E-state index contributed by atoms with van der Waals surface area (Å²) in [6, 6.07) is 11.4. The average Bonchev–Trinajstić information content (AvgIpc) is 2.41. The van der Waals surface area contributed by atoms with Crippen LogP contribution in [0.4, 0.5) is 8.78 Å². The SMILES string of the molecule is Cc1ccc(/[C]=N\OCc2cccc(F)c2F)cc1. The van der Waals surface area contributed by atoms with Crippen molar-refractivity contribution in [1.29, 1.82) is 0 Å². The fraction of sp³-hybridized carbons (Fsp3) is 0.133. The van der Waals surface area contributed by atoms with Crippen molar-refractivity contribution >= 4 is 6.21 Å². The third kappa shape index (κ3) is 3.61. The molecular weight excluding hydrogens is 248 g/mol. The Morgan fingerprint density at radius 1 is 1.11 bits per heavy atom. The summed E-state index contributed by atoms with van der Waals surface area (Å²) in [5.41, 5.74) is 2.01. The topological polar surface area (TPSA) is 21.6 Å². The molecule has 2 nitrogen and oxygen atoms in total. The van der Waals surface area contributed by atoms with Gasteiger partial charge in [0, 0.05) is 11.1 Å². The van der Waals surface area contributed by atoms with Crippen LogP contribution in [0.2, 0.25) is 0 Å². The predicted octanol–water partition coefficient (Wildman–Crippen LogP) is 3.70. The van der Waals surface area contributed by atoms with Gasteiger partial charge in [0.2, 0.25) is 0 Å². The van der Waals surface area contributed by atoms with Gasteiger partial charge in [-0.15, -0.1) is 0 Å². The molecule has 2 aromatic rings. The molecule has 19 heavy (non-hydrogen) atoms. The normalized spacial score (nSPS) is 10.9. The highest BCUT2D eigenvalue weighted by molar-refractivity contribution is 5.79. The van der Waals surface area contributed by atoms with E-state index >= 15 is 0 Å². The molecule has 0 aliphatic carbocycles. The first-order valence-electron chi connectivity index (χ1n) is 5.74. The molecule has 4 heteroatoms. The molecule has 2 rings (SSSR count). The first-order valence-corrected chi connectivity index (χ1v) is 5.74. The van der Waals surface area contributed by atoms with E-state index < -0.39 is 11.6 Å². The smallest absolute Gasteiger partial charge is 0.165 e. The maximum Gasteiger partial charge on any atom is 0.165 e. The van der Waals surface area contributed by atoms with Gasteiger partial charge in [0.25, 0.3) is 0 Å². The number of nitrogens with zero attached hydrogens (tertiary/aromatic N) is 1. The van der Waals surface area contributed by atoms with E-state index in [0.29, 0.717) is 0 Å². The minimum Gasteiger partial charge on any atom is -0.390 e. The monoisotopic (exact) mass is 260 g/mol. The lowest BCUT2D eigenvalue weighted by Gasteiger charge is -2.01. The van der Waals surface area contributed by atoms with Crippen molar-refractivity contribution in [3.05, 3.63) is 70.8 Å². The van der Waals surface area contributed by atoms with Crippen molar-refractivity contribution in [2.24, 2.45) is 5.16 Å². The minimum atomic E-state index is -0.909. The zero-order chi connectivity index (χ0) is 13.7. The van der Waals surface area contributed by atoms with Crippen LogP contribution in [0.25, 0.3) is 0 Å². The lowest BCUT2D eigenvalue weighted by Crippen LogP contribution is -1.95. The number of aryl methyl sites for hydroxylation is 1. The molecule has 2 aromatic carbocycles. The van der Waals surface area contributed by atoms with Gasteiger partial charge >= 0.3 is 0 Å². The summed E-state index contributed by atoms with van der Waals surface area (Å²) >= 11 is 0. The van der Waals surface area contributed by atoms with Gasteiger partial charge in [0.15, 0.2) is 11.6 Å². The van der Waals surface area contributed by atoms with E-state index in [9.17, 15) is 8.78 Å². The molecule has 0 fully saturated rings. The molecule has 0 aliphatic heterocycles. The molecule has 0 spiro atoms. The second-order valence-electron chi connectivity index (χ2n) is 4.06. The molecule has 0 saturated heterocycles. The molecule has 0 amide bonds. The van der Waals surface area contributed by atoms with Crippen molar-refractivity contribution < 1.29 is 13.6 Å². The molecule has 0 bridgehead atoms. The van der Waals surface area contributed by atoms with Crippen molar-refractivity contribution in [3.63, 3.8) is 0 Å². The summed E-state index contributed by atoms with van der Waals surface area (Å²) in [7, 11) is 0. The molecular formula is C15H12F2NO. The van der Waals surface area contributed by atoms with Crippen LogP contribution in [0.3, 0.4) is 0 Å². The van der Waals surface area contributed by atoms with E-state index in [-0.39, 0.29) is 12.2 Å². The second kappa shape index (κ2) is 6.09. The molecule has 0 unspecified atom stereocenters. The fourth-order valence-corrected chi connectivity index (χ4v) is 1.47. The van der Waals surface area contributed by atoms with Gasteiger partial charge in [-0.05, 0) is 13.0 Å². The Balaban J connectivity index is 1.93. The van der Waals surface area contributed by atoms with E-state index in [0.717, 1.165) is 17.2 Å². The molecule has 0 N–H and O–H groups in total. The highest BCUT2D eigenvalue weighted by Crippen LogP contribution is 2.12. The average molecular weight is 260 g/mol. The van der Waals surface area contributed by atoms with Crippen LogP contribution in [0.1, 0.15) is 16.7 Å². The van der Waals surface area contributed by atoms with Crippen LogP contribution in [0.15, 0.2) is 47.6 Å². The van der Waals surface area contributed by atoms with Crippen LogP contribution in [0.5, 0.6) is 0 Å². The van der Waals surface area contributed by atoms with Crippen molar-refractivity contribution in [1.82, 2.24) is 0 Å². The Morgan fingerprint density at radius 3 is 2.58 bits per heavy atom. The Morgan fingerprint density at radius 2 is 1.84 bits per heavy atom. The quantitative estimate of drug-likeness (QED) is 0.606. The maximum absolute atomic E-state index is 13.3. The fourth-order valence-electron chi connectivity index (χ4n) is 1.47. The zero-order valence-electron chi connectivity index (χ0n) is 10.4. The van der Waals surface area contributed by atoms with Crippen LogP contribution < -0.4 is 0 Å². The van der Waals surface area contributed by atoms with Crippen LogP contribution in [0, 0.1) is 18.6 Å². The first kappa shape index (κ1) is 13.2. The van der Waals surface area contributed by atoms with Crippen molar-refractivity contribution in [3.8, 4) is 0 Å². The molecule has 97 valence electrons. The maximum atomic E-state index is 13.3. The number of hydrogen-bond acceptors (Lipinski definition) is 2. The Hall–Kier alpha value is -2.23. The van der Waals surface area contributed by atoms with E-state index in [2.05, 4.69) is 11.4 Å². The summed E-state index contributed by atoms with van der Waals surface area (Å²) in [6.07, 6.45) is 2.66. The zero-order valence-corrected chi connectivity index (χ0v) is 10.4. The largest absolute Gasteiger partial charge is 0.390 e. The van der Waals surface area contributed by atoms with Gasteiger partial charge in [0.05, 0.1) is 0 Å². The second-order valence-corrected chi connectivity index (χ2v) is 4.06. The van der Waals surface area contributed by atoms with E-state index in [1.165, 1.54) is 12.1 Å². The number of hydrogen-bond donors (Lipinski definition) is 0. The Kier molecular flexibility index (Phi) is 4.23. The van der Waals surface area contributed by atoms with Gasteiger partial charge in [-0.1, -0.05) is 47.1 Å². The predicted molar refractivity (Wildman–Crippen MR) is 68.9 cm³/mol. The summed E-state index contributed by atoms with van der Waals surface area (Å²) < 4.78 is 26.2. The van der Waals surface area contributed by atoms with Gasteiger partial charge in [-0.25, -0.2) is 8.78 Å². The van der Waals surface area contributed by atoms with Gasteiger partial charge in [0.1, 0.15) is 12.8 Å². The van der Waals surface area contributed by atoms with E-state index in [4.69, 9.17) is 4.84 Å². The third-order valence-electron chi connectivity index (χ3n) is 2.54. The van der Waals surface area contributed by atoms with Gasteiger partial charge in [-0.3, -0.25) is 0 Å². The van der Waals surface area contributed by atoms with E-state index in [1.807, 2.05) is 31.2 Å². The highest BCUT2D eigenvalue weighted by Gasteiger charge is 2.07. The number of rotatable bonds is 4. The molecule has 0 saturated carbocycles. The molecule has 0 atom stereocenters. The summed E-state index contributed by atoms with van der Waals surface area (Å²) in [5.74, 6) is -1.80. The van der Waals surface area contributed by atoms with Crippen LogP contribution in [-0.2, 0) is 11.4 Å². The number of halogens is 2. The van der Waals surface area contributed by atoms with Crippen molar-refractivity contribution in [2.45, 2.75) is 13.5 Å². The Bertz CT molecular complexity index is 579. The highest BCUT2D eigenvalue weighted by atomic mass is 19.2. The van der Waals surface area contributed by atoms with Crippen LogP contribution in [-0.4, -0.2) is 6.21 Å². The minimum absolute atomic E-state index is 0.120. The summed E-state index contributed by atoms with van der Waals surface area (Å²) in [6.45, 7) is 1.84. The lowest BCUT2D eigenvalue weighted by atomic mass is 10.2. The third-order valence-corrected chi connectivity index (χ3v) is 2.54. The lowest BCUT2D eigenvalue weighted by molar-refractivity contribution is 0.129. The van der Waals surface area contributed by atoms with Gasteiger partial charge in [-0.2, -0.15) is 0 Å². The Labute approximate surface area is 110 Å². The van der Waals surface area contributed by atoms with E-state index in [1.54, 1.807) is 0 Å². The standard InChI is InChI=1S/C15H12F2NO/c1-11-5-7-12(8-6-11)9-18-19-10-13-3-2-4-14(16)15(13)17/h2-8H,10H2,1H3. The molecule has 1 radical (unpaired) electrons. The first-order chi connectivity index (χ1) is 9.16. The molecule has 0 aliphatic rings. The van der Waals surface area contributed by atoms with Gasteiger partial charge < -0.3 is 4.84 Å². The summed E-state index contributed by atoms with van der Waals surface area (Å²) in [4.78, 5) is 4.90. The van der Waals surface area contributed by atoms with Crippen LogP contribution >= 0.6 is 0 Å². The van der Waals surface area contributed by atoms with Crippen molar-refractivity contribution in [2.75, 3.05) is 0 Å².